The monoisotopic (exact) mass is 278 g/mol. The highest BCUT2D eigenvalue weighted by atomic mass is 16.5. The number of amides is 1. The summed E-state index contributed by atoms with van der Waals surface area (Å²) in [5, 5.41) is 12.2. The summed E-state index contributed by atoms with van der Waals surface area (Å²) in [6, 6.07) is 7.37. The van der Waals surface area contributed by atoms with Crippen LogP contribution in [0.1, 0.15) is 13.3 Å². The molecule has 0 radical (unpaired) electrons. The number of rotatable bonds is 5. The van der Waals surface area contributed by atoms with Crippen molar-refractivity contribution in [3.05, 3.63) is 24.3 Å². The van der Waals surface area contributed by atoms with Crippen molar-refractivity contribution >= 4 is 11.6 Å². The van der Waals surface area contributed by atoms with E-state index in [0.717, 1.165) is 18.7 Å². The Hall–Kier alpha value is -1.59. The zero-order chi connectivity index (χ0) is 14.5. The summed E-state index contributed by atoms with van der Waals surface area (Å²) in [5.41, 5.74) is 0.724. The molecule has 1 aromatic rings. The van der Waals surface area contributed by atoms with E-state index < -0.39 is 0 Å². The molecule has 1 aliphatic rings. The van der Waals surface area contributed by atoms with E-state index in [0.29, 0.717) is 18.2 Å². The third kappa shape index (κ3) is 3.49. The average Bonchev–Trinajstić information content (AvgIpc) is 2.79. The standard InChI is InChI=1S/C15H22N2O3/c1-11-6-7-17(14(11)10-18)9-15(19)16-12-4-3-5-13(8-12)20-2/h3-5,8,11,14,18H,6-7,9-10H2,1-2H3,(H,16,19). The zero-order valence-electron chi connectivity index (χ0n) is 12.0. The van der Waals surface area contributed by atoms with E-state index in [1.807, 2.05) is 23.1 Å². The Morgan fingerprint density at radius 3 is 3.05 bits per heavy atom. The van der Waals surface area contributed by atoms with E-state index >= 15 is 0 Å². The highest BCUT2D eigenvalue weighted by Crippen LogP contribution is 2.23. The van der Waals surface area contributed by atoms with Crippen molar-refractivity contribution in [3.63, 3.8) is 0 Å². The van der Waals surface area contributed by atoms with E-state index in [9.17, 15) is 9.90 Å². The zero-order valence-corrected chi connectivity index (χ0v) is 12.0. The number of hydrogen-bond donors (Lipinski definition) is 2. The maximum atomic E-state index is 12.1. The number of carbonyl (C=O) groups is 1. The third-order valence-electron chi connectivity index (χ3n) is 3.88. The van der Waals surface area contributed by atoms with Crippen LogP contribution in [0.5, 0.6) is 5.75 Å². The van der Waals surface area contributed by atoms with Gasteiger partial charge in [-0.3, -0.25) is 9.69 Å². The molecule has 1 aromatic carbocycles. The molecule has 1 heterocycles. The summed E-state index contributed by atoms with van der Waals surface area (Å²) < 4.78 is 5.12. The van der Waals surface area contributed by atoms with Crippen LogP contribution in [0.15, 0.2) is 24.3 Å². The number of methoxy groups -OCH3 is 1. The predicted molar refractivity (Wildman–Crippen MR) is 77.9 cm³/mol. The highest BCUT2D eigenvalue weighted by molar-refractivity contribution is 5.92. The lowest BCUT2D eigenvalue weighted by Crippen LogP contribution is -2.40. The molecular formula is C15H22N2O3. The molecule has 0 spiro atoms. The first kappa shape index (κ1) is 14.8. The van der Waals surface area contributed by atoms with Crippen LogP contribution < -0.4 is 10.1 Å². The number of nitrogens with zero attached hydrogens (tertiary/aromatic N) is 1. The van der Waals surface area contributed by atoms with Crippen LogP contribution >= 0.6 is 0 Å². The van der Waals surface area contributed by atoms with E-state index in [-0.39, 0.29) is 18.6 Å². The molecule has 1 saturated heterocycles. The summed E-state index contributed by atoms with van der Waals surface area (Å²) >= 11 is 0. The average molecular weight is 278 g/mol. The maximum Gasteiger partial charge on any atom is 0.238 e. The van der Waals surface area contributed by atoms with Crippen LogP contribution in [0, 0.1) is 5.92 Å². The number of likely N-dealkylation sites (tertiary alicyclic amines) is 1. The van der Waals surface area contributed by atoms with Gasteiger partial charge in [0.15, 0.2) is 0 Å². The molecule has 2 unspecified atom stereocenters. The first-order valence-corrected chi connectivity index (χ1v) is 6.93. The predicted octanol–water partition coefficient (Wildman–Crippen LogP) is 1.34. The van der Waals surface area contributed by atoms with Gasteiger partial charge in [-0.2, -0.15) is 0 Å². The van der Waals surface area contributed by atoms with Gasteiger partial charge < -0.3 is 15.2 Å². The van der Waals surface area contributed by atoms with Crippen molar-refractivity contribution in [1.82, 2.24) is 4.90 Å². The number of nitrogens with one attached hydrogen (secondary N) is 1. The molecule has 2 atom stereocenters. The van der Waals surface area contributed by atoms with E-state index in [1.54, 1.807) is 13.2 Å². The van der Waals surface area contributed by atoms with Gasteiger partial charge >= 0.3 is 0 Å². The van der Waals surface area contributed by atoms with Crippen LogP contribution in [-0.4, -0.2) is 48.8 Å². The minimum absolute atomic E-state index is 0.0641. The number of aliphatic hydroxyl groups is 1. The van der Waals surface area contributed by atoms with Gasteiger partial charge in [0.1, 0.15) is 5.75 Å². The number of benzene rings is 1. The fraction of sp³-hybridized carbons (Fsp3) is 0.533. The summed E-state index contributed by atoms with van der Waals surface area (Å²) in [6.07, 6.45) is 1.03. The topological polar surface area (TPSA) is 61.8 Å². The number of aliphatic hydroxyl groups excluding tert-OH is 1. The summed E-state index contributed by atoms with van der Waals surface area (Å²) in [7, 11) is 1.60. The SMILES string of the molecule is COc1cccc(NC(=O)CN2CCC(C)C2CO)c1. The van der Waals surface area contributed by atoms with Gasteiger partial charge in [0, 0.05) is 17.8 Å². The molecule has 2 rings (SSSR count). The van der Waals surface area contributed by atoms with E-state index in [4.69, 9.17) is 4.74 Å². The van der Waals surface area contributed by atoms with Crippen LogP contribution in [0.4, 0.5) is 5.69 Å². The molecule has 20 heavy (non-hydrogen) atoms. The first-order valence-electron chi connectivity index (χ1n) is 6.93. The van der Waals surface area contributed by atoms with Gasteiger partial charge in [-0.1, -0.05) is 13.0 Å². The number of anilines is 1. The van der Waals surface area contributed by atoms with E-state index in [1.165, 1.54) is 0 Å². The van der Waals surface area contributed by atoms with Gasteiger partial charge in [-0.05, 0) is 31.0 Å². The molecule has 2 N–H and O–H groups in total. The summed E-state index contributed by atoms with van der Waals surface area (Å²) in [6.45, 7) is 3.39. The molecule has 110 valence electrons. The van der Waals surface area contributed by atoms with Crippen molar-refractivity contribution in [1.29, 1.82) is 0 Å². The van der Waals surface area contributed by atoms with Crippen LogP contribution in [0.2, 0.25) is 0 Å². The highest BCUT2D eigenvalue weighted by Gasteiger charge is 2.31. The fourth-order valence-electron chi connectivity index (χ4n) is 2.67. The first-order chi connectivity index (χ1) is 9.63. The molecule has 1 amide bonds. The lowest BCUT2D eigenvalue weighted by Gasteiger charge is -2.24. The normalized spacial score (nSPS) is 22.8. The van der Waals surface area contributed by atoms with Crippen molar-refractivity contribution in [2.45, 2.75) is 19.4 Å². The minimum Gasteiger partial charge on any atom is -0.497 e. The van der Waals surface area contributed by atoms with Gasteiger partial charge in [-0.15, -0.1) is 0 Å². The smallest absolute Gasteiger partial charge is 0.238 e. The Balaban J connectivity index is 1.92. The molecule has 0 bridgehead atoms. The molecule has 5 heteroatoms. The summed E-state index contributed by atoms with van der Waals surface area (Å²) in [5.74, 6) is 1.08. The lowest BCUT2D eigenvalue weighted by atomic mass is 10.0. The molecular weight excluding hydrogens is 256 g/mol. The van der Waals surface area contributed by atoms with Crippen LogP contribution in [0.25, 0.3) is 0 Å². The number of hydrogen-bond acceptors (Lipinski definition) is 4. The Morgan fingerprint density at radius 1 is 1.55 bits per heavy atom. The second-order valence-electron chi connectivity index (χ2n) is 5.27. The van der Waals surface area contributed by atoms with Crippen molar-refractivity contribution < 1.29 is 14.6 Å². The maximum absolute atomic E-state index is 12.1. The van der Waals surface area contributed by atoms with Gasteiger partial charge in [0.05, 0.1) is 20.3 Å². The number of carbonyl (C=O) groups excluding carboxylic acids is 1. The van der Waals surface area contributed by atoms with Crippen molar-refractivity contribution in [2.24, 2.45) is 5.92 Å². The quantitative estimate of drug-likeness (QED) is 0.853. The fourth-order valence-corrected chi connectivity index (χ4v) is 2.67. The molecule has 1 fully saturated rings. The molecule has 0 saturated carbocycles. The van der Waals surface area contributed by atoms with Gasteiger partial charge in [0.25, 0.3) is 0 Å². The van der Waals surface area contributed by atoms with Gasteiger partial charge in [0.2, 0.25) is 5.91 Å². The molecule has 5 nitrogen and oxygen atoms in total. The van der Waals surface area contributed by atoms with Crippen LogP contribution in [-0.2, 0) is 4.79 Å². The number of ether oxygens (including phenoxy) is 1. The van der Waals surface area contributed by atoms with Crippen LogP contribution in [0.3, 0.4) is 0 Å². The second-order valence-corrected chi connectivity index (χ2v) is 5.27. The second kappa shape index (κ2) is 6.72. The van der Waals surface area contributed by atoms with Crippen molar-refractivity contribution in [3.8, 4) is 5.75 Å². The lowest BCUT2D eigenvalue weighted by molar-refractivity contribution is -0.117. The largest absolute Gasteiger partial charge is 0.497 e. The van der Waals surface area contributed by atoms with E-state index in [2.05, 4.69) is 12.2 Å². The van der Waals surface area contributed by atoms with Gasteiger partial charge in [-0.25, -0.2) is 0 Å². The summed E-state index contributed by atoms with van der Waals surface area (Å²) in [4.78, 5) is 14.1. The molecule has 0 aromatic heterocycles. The molecule has 1 aliphatic heterocycles. The molecule has 0 aliphatic carbocycles. The third-order valence-corrected chi connectivity index (χ3v) is 3.88. The Morgan fingerprint density at radius 2 is 2.35 bits per heavy atom. The Bertz CT molecular complexity index is 464. The van der Waals surface area contributed by atoms with Crippen molar-refractivity contribution in [2.75, 3.05) is 32.1 Å². The Labute approximate surface area is 119 Å². The Kier molecular flexibility index (Phi) is 4.98. The minimum atomic E-state index is -0.0641.